The number of benzene rings is 1. The van der Waals surface area contributed by atoms with Gasteiger partial charge in [0.05, 0.1) is 17.8 Å². The highest BCUT2D eigenvalue weighted by Gasteiger charge is 1.99. The molecule has 1 N–H and O–H groups in total. The Morgan fingerprint density at radius 1 is 1.18 bits per heavy atom. The molecule has 1 aromatic heterocycles. The topological polar surface area (TPSA) is 69.3 Å². The van der Waals surface area contributed by atoms with Crippen LogP contribution in [0.15, 0.2) is 47.9 Å². The Balaban J connectivity index is 2.39. The first-order chi connectivity index (χ1) is 8.33. The Hall–Kier alpha value is -2.67. The Morgan fingerprint density at radius 2 is 1.94 bits per heavy atom. The van der Waals surface area contributed by atoms with Crippen molar-refractivity contribution in [1.29, 1.82) is 5.26 Å². The van der Waals surface area contributed by atoms with E-state index in [-0.39, 0.29) is 0 Å². The summed E-state index contributed by atoms with van der Waals surface area (Å²) in [5, 5.41) is 20.1. The molecule has 4 nitrogen and oxygen atoms in total. The Bertz CT molecular complexity index is 582. The fourth-order valence-electron chi connectivity index (χ4n) is 1.49. The summed E-state index contributed by atoms with van der Waals surface area (Å²) in [5.74, 6) is 0. The van der Waals surface area contributed by atoms with Gasteiger partial charge in [0, 0.05) is 23.5 Å². The van der Waals surface area contributed by atoms with E-state index in [0.717, 1.165) is 11.1 Å². The molecule has 0 atom stereocenters. The second-order valence-corrected chi connectivity index (χ2v) is 3.44. The highest BCUT2D eigenvalue weighted by Crippen LogP contribution is 2.19. The van der Waals surface area contributed by atoms with Gasteiger partial charge in [0.15, 0.2) is 0 Å². The van der Waals surface area contributed by atoms with Gasteiger partial charge < -0.3 is 5.21 Å². The molecule has 0 fully saturated rings. The SMILES string of the molecule is N#Cc1ccc(-c2cncc(C=NO)c2)cc1. The van der Waals surface area contributed by atoms with Crippen LogP contribution in [-0.4, -0.2) is 16.4 Å². The summed E-state index contributed by atoms with van der Waals surface area (Å²) in [6.45, 7) is 0. The fraction of sp³-hybridized carbons (Fsp3) is 0. The predicted molar refractivity (Wildman–Crippen MR) is 63.8 cm³/mol. The molecule has 82 valence electrons. The van der Waals surface area contributed by atoms with Crippen molar-refractivity contribution in [2.45, 2.75) is 0 Å². The molecule has 4 heteroatoms. The molecular weight excluding hydrogens is 214 g/mol. The average Bonchev–Trinajstić information content (AvgIpc) is 2.40. The van der Waals surface area contributed by atoms with Crippen LogP contribution in [0.5, 0.6) is 0 Å². The lowest BCUT2D eigenvalue weighted by Gasteiger charge is -2.01. The minimum atomic E-state index is 0.620. The van der Waals surface area contributed by atoms with Crippen LogP contribution in [0, 0.1) is 11.3 Å². The number of hydrogen-bond acceptors (Lipinski definition) is 4. The molecular formula is C13H9N3O. The van der Waals surface area contributed by atoms with Crippen LogP contribution in [-0.2, 0) is 0 Å². The molecule has 0 saturated carbocycles. The second kappa shape index (κ2) is 4.90. The van der Waals surface area contributed by atoms with Gasteiger partial charge in [-0.15, -0.1) is 0 Å². The van der Waals surface area contributed by atoms with E-state index in [2.05, 4.69) is 16.2 Å². The van der Waals surface area contributed by atoms with Crippen LogP contribution in [0.1, 0.15) is 11.1 Å². The quantitative estimate of drug-likeness (QED) is 0.483. The smallest absolute Gasteiger partial charge is 0.0991 e. The molecule has 0 amide bonds. The zero-order valence-corrected chi connectivity index (χ0v) is 8.91. The molecule has 0 aliphatic heterocycles. The van der Waals surface area contributed by atoms with E-state index in [1.54, 1.807) is 24.5 Å². The summed E-state index contributed by atoms with van der Waals surface area (Å²) >= 11 is 0. The lowest BCUT2D eigenvalue weighted by atomic mass is 10.0. The Labute approximate surface area is 98.5 Å². The zero-order valence-electron chi connectivity index (χ0n) is 8.91. The molecule has 0 aliphatic rings. The lowest BCUT2D eigenvalue weighted by molar-refractivity contribution is 0.322. The van der Waals surface area contributed by atoms with Crippen molar-refractivity contribution in [2.75, 3.05) is 0 Å². The fourth-order valence-corrected chi connectivity index (χ4v) is 1.49. The van der Waals surface area contributed by atoms with Gasteiger partial charge in [0.1, 0.15) is 0 Å². The van der Waals surface area contributed by atoms with Crippen molar-refractivity contribution in [3.05, 3.63) is 53.9 Å². The van der Waals surface area contributed by atoms with E-state index >= 15 is 0 Å². The van der Waals surface area contributed by atoms with Crippen molar-refractivity contribution in [3.8, 4) is 17.2 Å². The standard InChI is InChI=1S/C13H9N3O/c14-6-10-1-3-12(4-2-10)13-5-11(8-16-17)7-15-9-13/h1-5,7-9,17H. The molecule has 0 bridgehead atoms. The lowest BCUT2D eigenvalue weighted by Crippen LogP contribution is -1.86. The average molecular weight is 223 g/mol. The van der Waals surface area contributed by atoms with Crippen molar-refractivity contribution in [1.82, 2.24) is 4.98 Å². The summed E-state index contributed by atoms with van der Waals surface area (Å²) in [6.07, 6.45) is 4.64. The maximum atomic E-state index is 8.71. The maximum absolute atomic E-state index is 8.71. The number of aromatic nitrogens is 1. The van der Waals surface area contributed by atoms with Crippen molar-refractivity contribution < 1.29 is 5.21 Å². The third-order valence-corrected chi connectivity index (χ3v) is 2.31. The van der Waals surface area contributed by atoms with E-state index in [9.17, 15) is 0 Å². The first kappa shape index (κ1) is 10.8. The highest BCUT2D eigenvalue weighted by atomic mass is 16.4. The monoisotopic (exact) mass is 223 g/mol. The number of oxime groups is 1. The van der Waals surface area contributed by atoms with E-state index in [0.29, 0.717) is 11.1 Å². The van der Waals surface area contributed by atoms with Gasteiger partial charge in [-0.1, -0.05) is 17.3 Å². The molecule has 0 unspecified atom stereocenters. The van der Waals surface area contributed by atoms with Gasteiger partial charge >= 0.3 is 0 Å². The third kappa shape index (κ3) is 2.47. The molecule has 2 rings (SSSR count). The van der Waals surface area contributed by atoms with Crippen LogP contribution in [0.3, 0.4) is 0 Å². The van der Waals surface area contributed by atoms with Gasteiger partial charge in [-0.2, -0.15) is 5.26 Å². The number of nitrogens with zero attached hydrogens (tertiary/aromatic N) is 3. The molecule has 0 saturated heterocycles. The van der Waals surface area contributed by atoms with Crippen LogP contribution < -0.4 is 0 Å². The number of nitriles is 1. The van der Waals surface area contributed by atoms with Gasteiger partial charge in [-0.25, -0.2) is 0 Å². The Kier molecular flexibility index (Phi) is 3.13. The van der Waals surface area contributed by atoms with E-state index in [1.165, 1.54) is 6.21 Å². The summed E-state index contributed by atoms with van der Waals surface area (Å²) in [5.41, 5.74) is 3.21. The molecule has 0 radical (unpaired) electrons. The first-order valence-electron chi connectivity index (χ1n) is 4.96. The predicted octanol–water partition coefficient (Wildman–Crippen LogP) is 2.43. The largest absolute Gasteiger partial charge is 0.411 e. The summed E-state index contributed by atoms with van der Waals surface area (Å²) in [6, 6.07) is 11.1. The minimum Gasteiger partial charge on any atom is -0.411 e. The van der Waals surface area contributed by atoms with Crippen LogP contribution >= 0.6 is 0 Å². The number of pyridine rings is 1. The second-order valence-electron chi connectivity index (χ2n) is 3.44. The van der Waals surface area contributed by atoms with Crippen molar-refractivity contribution >= 4 is 6.21 Å². The first-order valence-corrected chi connectivity index (χ1v) is 4.96. The molecule has 1 heterocycles. The van der Waals surface area contributed by atoms with Gasteiger partial charge in [0.2, 0.25) is 0 Å². The summed E-state index contributed by atoms with van der Waals surface area (Å²) < 4.78 is 0. The van der Waals surface area contributed by atoms with Gasteiger partial charge in [-0.05, 0) is 23.8 Å². The summed E-state index contributed by atoms with van der Waals surface area (Å²) in [4.78, 5) is 4.05. The normalized spacial score (nSPS) is 10.3. The number of hydrogen-bond donors (Lipinski definition) is 1. The molecule has 17 heavy (non-hydrogen) atoms. The van der Waals surface area contributed by atoms with Crippen molar-refractivity contribution in [3.63, 3.8) is 0 Å². The van der Waals surface area contributed by atoms with Crippen LogP contribution in [0.25, 0.3) is 11.1 Å². The van der Waals surface area contributed by atoms with Gasteiger partial charge in [0.25, 0.3) is 0 Å². The zero-order chi connectivity index (χ0) is 12.1. The van der Waals surface area contributed by atoms with Crippen LogP contribution in [0.2, 0.25) is 0 Å². The Morgan fingerprint density at radius 3 is 2.59 bits per heavy atom. The highest BCUT2D eigenvalue weighted by molar-refractivity contribution is 5.81. The van der Waals surface area contributed by atoms with E-state index in [4.69, 9.17) is 10.5 Å². The van der Waals surface area contributed by atoms with Crippen LogP contribution in [0.4, 0.5) is 0 Å². The van der Waals surface area contributed by atoms with E-state index < -0.39 is 0 Å². The maximum Gasteiger partial charge on any atom is 0.0991 e. The van der Waals surface area contributed by atoms with Gasteiger partial charge in [-0.3, -0.25) is 4.98 Å². The molecule has 0 spiro atoms. The molecule has 2 aromatic rings. The molecule has 1 aromatic carbocycles. The van der Waals surface area contributed by atoms with E-state index in [1.807, 2.05) is 18.2 Å². The van der Waals surface area contributed by atoms with Crippen molar-refractivity contribution in [2.24, 2.45) is 5.16 Å². The minimum absolute atomic E-state index is 0.620. The third-order valence-electron chi connectivity index (χ3n) is 2.31. The number of rotatable bonds is 2. The molecule has 0 aliphatic carbocycles. The summed E-state index contributed by atoms with van der Waals surface area (Å²) in [7, 11) is 0.